The van der Waals surface area contributed by atoms with Gasteiger partial charge in [-0.2, -0.15) is 5.10 Å². The molecule has 0 spiro atoms. The zero-order valence-electron chi connectivity index (χ0n) is 13.1. The highest BCUT2D eigenvalue weighted by atomic mass is 32.2. The van der Waals surface area contributed by atoms with Gasteiger partial charge >= 0.3 is 0 Å². The second-order valence-electron chi connectivity index (χ2n) is 5.30. The molecule has 2 aromatic carbocycles. The third-order valence-corrected chi connectivity index (χ3v) is 5.71. The van der Waals surface area contributed by atoms with Crippen molar-refractivity contribution in [3.63, 3.8) is 0 Å². The van der Waals surface area contributed by atoms with E-state index < -0.39 is 10.0 Å². The normalized spacial score (nSPS) is 11.6. The van der Waals surface area contributed by atoms with Gasteiger partial charge in [-0.1, -0.05) is 30.3 Å². The van der Waals surface area contributed by atoms with E-state index in [1.54, 1.807) is 28.5 Å². The van der Waals surface area contributed by atoms with Crippen LogP contribution < -0.4 is 5.14 Å². The standard InChI is InChI=1S/C16H16N4O2S3/c17-25(21,22)14-8-6-13(7-9-14)20-15(18-19-16(20)23)11-24-10-12-4-2-1-3-5-12/h1-9H,10-11H2,(H,19,23)(H2,17,21,22). The van der Waals surface area contributed by atoms with E-state index >= 15 is 0 Å². The van der Waals surface area contributed by atoms with E-state index in [0.29, 0.717) is 10.5 Å². The van der Waals surface area contributed by atoms with Crippen molar-refractivity contribution in [2.45, 2.75) is 16.4 Å². The van der Waals surface area contributed by atoms with E-state index in [4.69, 9.17) is 17.4 Å². The average molecular weight is 393 g/mol. The van der Waals surface area contributed by atoms with E-state index in [9.17, 15) is 8.42 Å². The molecule has 3 N–H and O–H groups in total. The highest BCUT2D eigenvalue weighted by Crippen LogP contribution is 2.20. The molecule has 0 amide bonds. The topological polar surface area (TPSA) is 93.8 Å². The van der Waals surface area contributed by atoms with Crippen LogP contribution >= 0.6 is 24.0 Å². The molecule has 0 aliphatic carbocycles. The molecule has 9 heteroatoms. The molecular weight excluding hydrogens is 376 g/mol. The van der Waals surface area contributed by atoms with Crippen molar-refractivity contribution in [1.29, 1.82) is 0 Å². The molecule has 25 heavy (non-hydrogen) atoms. The van der Waals surface area contributed by atoms with Crippen molar-refractivity contribution in [2.24, 2.45) is 5.14 Å². The van der Waals surface area contributed by atoms with Crippen LogP contribution in [0.15, 0.2) is 59.5 Å². The number of hydrogen-bond donors (Lipinski definition) is 2. The number of benzene rings is 2. The molecule has 3 rings (SSSR count). The lowest BCUT2D eigenvalue weighted by atomic mass is 10.2. The maximum absolute atomic E-state index is 11.4. The Balaban J connectivity index is 1.79. The van der Waals surface area contributed by atoms with Crippen LogP contribution in [0.4, 0.5) is 0 Å². The van der Waals surface area contributed by atoms with E-state index in [1.807, 2.05) is 18.2 Å². The van der Waals surface area contributed by atoms with Crippen LogP contribution in [-0.2, 0) is 21.5 Å². The van der Waals surface area contributed by atoms with Crippen LogP contribution in [0.2, 0.25) is 0 Å². The third kappa shape index (κ3) is 4.37. The van der Waals surface area contributed by atoms with Gasteiger partial charge < -0.3 is 0 Å². The average Bonchev–Trinajstić information content (AvgIpc) is 2.96. The summed E-state index contributed by atoms with van der Waals surface area (Å²) in [4.78, 5) is 0.0614. The Labute approximate surface area is 155 Å². The number of nitrogens with zero attached hydrogens (tertiary/aromatic N) is 2. The lowest BCUT2D eigenvalue weighted by Crippen LogP contribution is -2.12. The summed E-state index contributed by atoms with van der Waals surface area (Å²) in [5.41, 5.74) is 1.98. The van der Waals surface area contributed by atoms with Crippen LogP contribution in [0.5, 0.6) is 0 Å². The van der Waals surface area contributed by atoms with Crippen molar-refractivity contribution in [2.75, 3.05) is 0 Å². The first kappa shape index (κ1) is 17.9. The minimum atomic E-state index is -3.72. The summed E-state index contributed by atoms with van der Waals surface area (Å²) in [5.74, 6) is 2.30. The van der Waals surface area contributed by atoms with E-state index in [0.717, 1.165) is 17.3 Å². The number of primary sulfonamides is 1. The lowest BCUT2D eigenvalue weighted by molar-refractivity contribution is 0.598. The van der Waals surface area contributed by atoms with Crippen LogP contribution in [-0.4, -0.2) is 23.2 Å². The summed E-state index contributed by atoms with van der Waals surface area (Å²) in [7, 11) is -3.72. The van der Waals surface area contributed by atoms with Gasteiger partial charge in [0.25, 0.3) is 0 Å². The number of H-pyrrole nitrogens is 1. The fourth-order valence-electron chi connectivity index (χ4n) is 2.31. The second-order valence-corrected chi connectivity index (χ2v) is 8.23. The summed E-state index contributed by atoms with van der Waals surface area (Å²) in [6.07, 6.45) is 0. The van der Waals surface area contributed by atoms with Crippen LogP contribution in [0.25, 0.3) is 5.69 Å². The molecule has 0 aliphatic heterocycles. The zero-order valence-corrected chi connectivity index (χ0v) is 15.6. The van der Waals surface area contributed by atoms with Crippen molar-refractivity contribution >= 4 is 34.0 Å². The van der Waals surface area contributed by atoms with Crippen LogP contribution in [0.3, 0.4) is 0 Å². The van der Waals surface area contributed by atoms with Gasteiger partial charge in [0.15, 0.2) is 4.77 Å². The molecular formula is C16H16N4O2S3. The molecule has 1 heterocycles. The number of thioether (sulfide) groups is 1. The smallest absolute Gasteiger partial charge is 0.238 e. The molecule has 0 fully saturated rings. The number of sulfonamides is 1. The Morgan fingerprint density at radius 2 is 1.76 bits per heavy atom. The van der Waals surface area contributed by atoms with Crippen molar-refractivity contribution in [1.82, 2.24) is 14.8 Å². The molecule has 0 radical (unpaired) electrons. The fourth-order valence-corrected chi connectivity index (χ4v) is 3.99. The maximum Gasteiger partial charge on any atom is 0.238 e. The second kappa shape index (κ2) is 7.52. The van der Waals surface area contributed by atoms with Crippen molar-refractivity contribution in [3.05, 3.63) is 70.8 Å². The lowest BCUT2D eigenvalue weighted by Gasteiger charge is -2.08. The Hall–Kier alpha value is -1.94. The summed E-state index contributed by atoms with van der Waals surface area (Å²) < 4.78 is 25.0. The van der Waals surface area contributed by atoms with Crippen LogP contribution in [0, 0.1) is 4.77 Å². The summed E-state index contributed by atoms with van der Waals surface area (Å²) in [5, 5.41) is 12.2. The Kier molecular flexibility index (Phi) is 5.38. The van der Waals surface area contributed by atoms with E-state index in [-0.39, 0.29) is 4.90 Å². The SMILES string of the molecule is NS(=O)(=O)c1ccc(-n2c(CSCc3ccccc3)n[nH]c2=S)cc1. The third-order valence-electron chi connectivity index (χ3n) is 3.51. The molecule has 3 aromatic rings. The van der Waals surface area contributed by atoms with Gasteiger partial charge in [0.2, 0.25) is 10.0 Å². The van der Waals surface area contributed by atoms with Gasteiger partial charge in [0, 0.05) is 11.4 Å². The van der Waals surface area contributed by atoms with Crippen molar-refractivity contribution < 1.29 is 8.42 Å². The highest BCUT2D eigenvalue weighted by molar-refractivity contribution is 7.97. The van der Waals surface area contributed by atoms with Gasteiger partial charge in [-0.3, -0.25) is 9.67 Å². The Morgan fingerprint density at radius 1 is 1.08 bits per heavy atom. The number of nitrogens with one attached hydrogen (secondary N) is 1. The number of aromatic nitrogens is 3. The van der Waals surface area contributed by atoms with Gasteiger partial charge in [0.1, 0.15) is 5.82 Å². The molecule has 130 valence electrons. The number of nitrogens with two attached hydrogens (primary N) is 1. The summed E-state index contributed by atoms with van der Waals surface area (Å²) in [6, 6.07) is 16.4. The minimum absolute atomic E-state index is 0.0614. The summed E-state index contributed by atoms with van der Waals surface area (Å²) >= 11 is 7.02. The molecule has 0 unspecified atom stereocenters. The molecule has 6 nitrogen and oxygen atoms in total. The first-order valence-electron chi connectivity index (χ1n) is 7.36. The molecule has 0 bridgehead atoms. The maximum atomic E-state index is 11.4. The predicted octanol–water partition coefficient (Wildman–Crippen LogP) is 3.01. The number of hydrogen-bond acceptors (Lipinski definition) is 5. The first-order chi connectivity index (χ1) is 11.9. The predicted molar refractivity (Wildman–Crippen MR) is 102 cm³/mol. The van der Waals surface area contributed by atoms with Gasteiger partial charge in [-0.05, 0) is 42.0 Å². The van der Waals surface area contributed by atoms with Gasteiger partial charge in [0.05, 0.1) is 10.6 Å². The molecule has 1 aromatic heterocycles. The number of rotatable bonds is 6. The monoisotopic (exact) mass is 392 g/mol. The van der Waals surface area contributed by atoms with E-state index in [1.165, 1.54) is 17.7 Å². The quantitative estimate of drug-likeness (QED) is 0.629. The summed E-state index contributed by atoms with van der Waals surface area (Å²) in [6.45, 7) is 0. The Bertz CT molecular complexity index is 1010. The van der Waals surface area contributed by atoms with Crippen molar-refractivity contribution in [3.8, 4) is 5.69 Å². The van der Waals surface area contributed by atoms with Crippen LogP contribution in [0.1, 0.15) is 11.4 Å². The first-order valence-corrected chi connectivity index (χ1v) is 10.5. The molecule has 0 saturated carbocycles. The zero-order chi connectivity index (χ0) is 17.9. The van der Waals surface area contributed by atoms with Gasteiger partial charge in [-0.15, -0.1) is 11.8 Å². The highest BCUT2D eigenvalue weighted by Gasteiger charge is 2.11. The molecule has 0 atom stereocenters. The van der Waals surface area contributed by atoms with Gasteiger partial charge in [-0.25, -0.2) is 13.6 Å². The Morgan fingerprint density at radius 3 is 2.40 bits per heavy atom. The number of aromatic amines is 1. The fraction of sp³-hybridized carbons (Fsp3) is 0.125. The largest absolute Gasteiger partial charge is 0.271 e. The molecule has 0 saturated heterocycles. The van der Waals surface area contributed by atoms with E-state index in [2.05, 4.69) is 22.3 Å². The minimum Gasteiger partial charge on any atom is -0.271 e. The molecule has 0 aliphatic rings.